The molecule has 1 amide bonds. The Hall–Kier alpha value is -3.06. The van der Waals surface area contributed by atoms with Crippen LogP contribution in [0.5, 0.6) is 5.75 Å². The van der Waals surface area contributed by atoms with Crippen LogP contribution in [0, 0.1) is 18.6 Å². The molecule has 1 aromatic heterocycles. The third-order valence-corrected chi connectivity index (χ3v) is 4.37. The molecule has 1 heterocycles. The van der Waals surface area contributed by atoms with Crippen molar-refractivity contribution in [1.82, 2.24) is 4.98 Å². The highest BCUT2D eigenvalue weighted by Crippen LogP contribution is 2.17. The van der Waals surface area contributed by atoms with Crippen LogP contribution in [0.1, 0.15) is 16.3 Å². The van der Waals surface area contributed by atoms with Gasteiger partial charge in [-0.05, 0) is 42.8 Å². The summed E-state index contributed by atoms with van der Waals surface area (Å²) in [6.07, 6.45) is 2.93. The van der Waals surface area contributed by atoms with Gasteiger partial charge in [-0.2, -0.15) is 0 Å². The number of halogens is 2. The van der Waals surface area contributed by atoms with Crippen LogP contribution in [0.15, 0.2) is 53.9 Å². The van der Waals surface area contributed by atoms with Crippen LogP contribution < -0.4 is 10.1 Å². The number of nitrogens with one attached hydrogen (secondary N) is 1. The standard InChI is InChI=1S/C20H16F2N2O2S/c1-13-23-16(12-27-13)11-26-17-6-2-14(3-7-17)4-9-20(25)24-15-5-8-18(21)19(22)10-15/h2-10,12H,11H2,1H3,(H,24,25)/b9-4+. The fourth-order valence-corrected chi connectivity index (χ4v) is 2.83. The van der Waals surface area contributed by atoms with Crippen LogP contribution in [0.2, 0.25) is 0 Å². The quantitative estimate of drug-likeness (QED) is 0.609. The highest BCUT2D eigenvalue weighted by molar-refractivity contribution is 7.09. The molecule has 0 aliphatic heterocycles. The maximum Gasteiger partial charge on any atom is 0.248 e. The van der Waals surface area contributed by atoms with E-state index in [0.717, 1.165) is 28.4 Å². The highest BCUT2D eigenvalue weighted by Gasteiger charge is 2.04. The van der Waals surface area contributed by atoms with E-state index in [4.69, 9.17) is 4.74 Å². The van der Waals surface area contributed by atoms with Crippen molar-refractivity contribution >= 4 is 29.0 Å². The van der Waals surface area contributed by atoms with E-state index < -0.39 is 17.5 Å². The Kier molecular flexibility index (Phi) is 5.93. The van der Waals surface area contributed by atoms with Gasteiger partial charge in [0.05, 0.1) is 10.7 Å². The second-order valence-corrected chi connectivity index (χ2v) is 6.73. The molecule has 2 aromatic carbocycles. The molecule has 138 valence electrons. The van der Waals surface area contributed by atoms with E-state index in [1.807, 2.05) is 24.4 Å². The van der Waals surface area contributed by atoms with E-state index in [0.29, 0.717) is 12.4 Å². The Bertz CT molecular complexity index is 968. The Morgan fingerprint density at radius 2 is 1.96 bits per heavy atom. The maximum atomic E-state index is 13.1. The summed E-state index contributed by atoms with van der Waals surface area (Å²) < 4.78 is 31.7. The predicted molar refractivity (Wildman–Crippen MR) is 102 cm³/mol. The molecule has 7 heteroatoms. The lowest BCUT2D eigenvalue weighted by Crippen LogP contribution is -2.08. The Morgan fingerprint density at radius 3 is 2.63 bits per heavy atom. The number of carbonyl (C=O) groups excluding carboxylic acids is 1. The van der Waals surface area contributed by atoms with Crippen LogP contribution in [-0.2, 0) is 11.4 Å². The Morgan fingerprint density at radius 1 is 1.19 bits per heavy atom. The molecule has 0 unspecified atom stereocenters. The van der Waals surface area contributed by atoms with Gasteiger partial charge in [0.2, 0.25) is 5.91 Å². The SMILES string of the molecule is Cc1nc(COc2ccc(/C=C/C(=O)Nc3ccc(F)c(F)c3)cc2)cs1. The van der Waals surface area contributed by atoms with E-state index in [9.17, 15) is 13.6 Å². The summed E-state index contributed by atoms with van der Waals surface area (Å²) in [5.41, 5.74) is 1.87. The average Bonchev–Trinajstić information content (AvgIpc) is 3.07. The van der Waals surface area contributed by atoms with E-state index in [2.05, 4.69) is 10.3 Å². The molecule has 3 rings (SSSR count). The number of carbonyl (C=O) groups is 1. The molecule has 0 bridgehead atoms. The monoisotopic (exact) mass is 386 g/mol. The predicted octanol–water partition coefficient (Wildman–Crippen LogP) is 4.96. The van der Waals surface area contributed by atoms with Gasteiger partial charge >= 0.3 is 0 Å². The highest BCUT2D eigenvalue weighted by atomic mass is 32.1. The molecule has 0 saturated carbocycles. The minimum Gasteiger partial charge on any atom is -0.487 e. The zero-order valence-electron chi connectivity index (χ0n) is 14.4. The molecular weight excluding hydrogens is 370 g/mol. The zero-order chi connectivity index (χ0) is 19.2. The number of hydrogen-bond acceptors (Lipinski definition) is 4. The second-order valence-electron chi connectivity index (χ2n) is 5.67. The summed E-state index contributed by atoms with van der Waals surface area (Å²) in [5.74, 6) is -1.72. The summed E-state index contributed by atoms with van der Waals surface area (Å²) >= 11 is 1.58. The number of hydrogen-bond donors (Lipinski definition) is 1. The van der Waals surface area contributed by atoms with Gasteiger partial charge in [-0.25, -0.2) is 13.8 Å². The number of ether oxygens (including phenoxy) is 1. The smallest absolute Gasteiger partial charge is 0.248 e. The lowest BCUT2D eigenvalue weighted by molar-refractivity contribution is -0.111. The van der Waals surface area contributed by atoms with Gasteiger partial charge in [-0.3, -0.25) is 4.79 Å². The molecule has 0 fully saturated rings. The zero-order valence-corrected chi connectivity index (χ0v) is 15.2. The second kappa shape index (κ2) is 8.55. The molecule has 0 saturated heterocycles. The number of rotatable bonds is 6. The first-order valence-electron chi connectivity index (χ1n) is 8.07. The third kappa shape index (κ3) is 5.46. The minimum absolute atomic E-state index is 0.185. The first kappa shape index (κ1) is 18.7. The molecule has 3 aromatic rings. The van der Waals surface area contributed by atoms with Crippen LogP contribution in [-0.4, -0.2) is 10.9 Å². The molecule has 0 spiro atoms. The van der Waals surface area contributed by atoms with Gasteiger partial charge < -0.3 is 10.1 Å². The van der Waals surface area contributed by atoms with Crippen molar-refractivity contribution in [3.8, 4) is 5.75 Å². The first-order valence-corrected chi connectivity index (χ1v) is 8.95. The fraction of sp³-hybridized carbons (Fsp3) is 0.100. The molecule has 0 aliphatic carbocycles. The van der Waals surface area contributed by atoms with Gasteiger partial charge in [0.1, 0.15) is 12.4 Å². The number of amides is 1. The summed E-state index contributed by atoms with van der Waals surface area (Å²) in [6.45, 7) is 2.34. The topological polar surface area (TPSA) is 51.2 Å². The van der Waals surface area contributed by atoms with Crippen molar-refractivity contribution in [1.29, 1.82) is 0 Å². The van der Waals surface area contributed by atoms with Gasteiger partial charge in [-0.1, -0.05) is 12.1 Å². The van der Waals surface area contributed by atoms with Crippen molar-refractivity contribution < 1.29 is 18.3 Å². The van der Waals surface area contributed by atoms with Gasteiger partial charge in [0, 0.05) is 23.2 Å². The van der Waals surface area contributed by atoms with Gasteiger partial charge in [0.15, 0.2) is 11.6 Å². The van der Waals surface area contributed by atoms with Crippen LogP contribution in [0.25, 0.3) is 6.08 Å². The summed E-state index contributed by atoms with van der Waals surface area (Å²) in [6, 6.07) is 10.4. The number of thiazole rings is 1. The van der Waals surface area contributed by atoms with E-state index in [-0.39, 0.29) is 5.69 Å². The van der Waals surface area contributed by atoms with Crippen molar-refractivity contribution in [2.75, 3.05) is 5.32 Å². The normalized spacial score (nSPS) is 10.9. The third-order valence-electron chi connectivity index (χ3n) is 3.55. The number of aryl methyl sites for hydroxylation is 1. The van der Waals surface area contributed by atoms with Gasteiger partial charge in [-0.15, -0.1) is 11.3 Å². The maximum absolute atomic E-state index is 13.1. The number of aromatic nitrogens is 1. The summed E-state index contributed by atoms with van der Waals surface area (Å²) in [5, 5.41) is 5.42. The van der Waals surface area contributed by atoms with Crippen molar-refractivity contribution in [3.05, 3.63) is 81.8 Å². The van der Waals surface area contributed by atoms with Crippen molar-refractivity contribution in [2.45, 2.75) is 13.5 Å². The van der Waals surface area contributed by atoms with Gasteiger partial charge in [0.25, 0.3) is 0 Å². The molecule has 1 N–H and O–H groups in total. The fourth-order valence-electron chi connectivity index (χ4n) is 2.24. The number of anilines is 1. The molecule has 0 radical (unpaired) electrons. The molecule has 27 heavy (non-hydrogen) atoms. The lowest BCUT2D eigenvalue weighted by Gasteiger charge is -2.04. The van der Waals surface area contributed by atoms with E-state index in [1.165, 1.54) is 12.1 Å². The Balaban J connectivity index is 1.53. The number of nitrogens with zero attached hydrogens (tertiary/aromatic N) is 1. The molecule has 4 nitrogen and oxygen atoms in total. The Labute approximate surface area is 159 Å². The molecular formula is C20H16F2N2O2S. The molecule has 0 atom stereocenters. The summed E-state index contributed by atoms with van der Waals surface area (Å²) in [4.78, 5) is 16.2. The van der Waals surface area contributed by atoms with Crippen molar-refractivity contribution in [3.63, 3.8) is 0 Å². The van der Waals surface area contributed by atoms with E-state index >= 15 is 0 Å². The average molecular weight is 386 g/mol. The van der Waals surface area contributed by atoms with E-state index in [1.54, 1.807) is 29.5 Å². The molecule has 0 aliphatic rings. The van der Waals surface area contributed by atoms with Crippen LogP contribution in [0.4, 0.5) is 14.5 Å². The lowest BCUT2D eigenvalue weighted by atomic mass is 10.2. The summed E-state index contributed by atoms with van der Waals surface area (Å²) in [7, 11) is 0. The van der Waals surface area contributed by atoms with Crippen LogP contribution >= 0.6 is 11.3 Å². The largest absolute Gasteiger partial charge is 0.487 e. The number of benzene rings is 2. The van der Waals surface area contributed by atoms with Crippen molar-refractivity contribution in [2.24, 2.45) is 0 Å². The minimum atomic E-state index is -1.01. The van der Waals surface area contributed by atoms with Crippen LogP contribution in [0.3, 0.4) is 0 Å². The first-order chi connectivity index (χ1) is 13.0.